The van der Waals surface area contributed by atoms with Gasteiger partial charge in [0.15, 0.2) is 5.78 Å². The number of carbonyl (C=O) groups excluding carboxylic acids is 1. The zero-order valence-electron chi connectivity index (χ0n) is 16.4. The van der Waals surface area contributed by atoms with E-state index in [1.165, 1.54) is 44.1 Å². The van der Waals surface area contributed by atoms with Crippen LogP contribution in [0.4, 0.5) is 5.69 Å². The van der Waals surface area contributed by atoms with Crippen molar-refractivity contribution in [3.05, 3.63) is 59.2 Å². The van der Waals surface area contributed by atoms with Gasteiger partial charge in [-0.15, -0.1) is 0 Å². The Hall–Kier alpha value is -2.42. The second-order valence-corrected chi connectivity index (χ2v) is 9.33. The molecule has 0 aromatic heterocycles. The second-order valence-electron chi connectivity index (χ2n) is 9.33. The molecular formula is C25H27NO2. The number of rotatable bonds is 4. The van der Waals surface area contributed by atoms with Crippen molar-refractivity contribution in [1.82, 2.24) is 0 Å². The van der Waals surface area contributed by atoms with Crippen molar-refractivity contribution in [2.45, 2.75) is 50.9 Å². The number of nitrogens with zero attached hydrogens (tertiary/aromatic N) is 1. The Balaban J connectivity index is 1.43. The predicted octanol–water partition coefficient (Wildman–Crippen LogP) is 5.81. The van der Waals surface area contributed by atoms with Crippen LogP contribution in [0.15, 0.2) is 47.5 Å². The molecule has 0 atom stereocenters. The molecule has 0 unspecified atom stereocenters. The summed E-state index contributed by atoms with van der Waals surface area (Å²) in [5, 5.41) is 10.4. The lowest BCUT2D eigenvalue weighted by molar-refractivity contribution is -0.00520. The molecule has 0 aliphatic heterocycles. The maximum atomic E-state index is 11.4. The molecule has 4 fully saturated rings. The van der Waals surface area contributed by atoms with Crippen LogP contribution in [-0.2, 0) is 5.41 Å². The molecule has 0 spiro atoms. The van der Waals surface area contributed by atoms with E-state index in [1.807, 2.05) is 18.2 Å². The Morgan fingerprint density at radius 1 is 1.00 bits per heavy atom. The van der Waals surface area contributed by atoms with Crippen molar-refractivity contribution in [2.75, 3.05) is 0 Å². The predicted molar refractivity (Wildman–Crippen MR) is 112 cm³/mol. The minimum Gasteiger partial charge on any atom is -0.507 e. The van der Waals surface area contributed by atoms with E-state index in [-0.39, 0.29) is 11.5 Å². The normalized spacial score (nSPS) is 30.8. The Kier molecular flexibility index (Phi) is 4.15. The van der Waals surface area contributed by atoms with Crippen LogP contribution in [0, 0.1) is 17.8 Å². The maximum Gasteiger partial charge on any atom is 0.159 e. The summed E-state index contributed by atoms with van der Waals surface area (Å²) in [7, 11) is 0. The van der Waals surface area contributed by atoms with E-state index >= 15 is 0 Å². The van der Waals surface area contributed by atoms with E-state index < -0.39 is 0 Å². The average molecular weight is 373 g/mol. The van der Waals surface area contributed by atoms with Gasteiger partial charge in [-0.05, 0) is 111 Å². The summed E-state index contributed by atoms with van der Waals surface area (Å²) in [6.07, 6.45) is 9.99. The number of hydrogen-bond acceptors (Lipinski definition) is 3. The number of aromatic hydroxyl groups is 1. The SMILES string of the molecule is CC(=O)c1ccc(N=Cc2cc(C34CC5CC(CC(C5)C3)C4)ccc2O)cc1. The number of carbonyl (C=O) groups is 1. The first-order chi connectivity index (χ1) is 13.5. The molecule has 0 radical (unpaired) electrons. The molecule has 1 N–H and O–H groups in total. The first-order valence-electron chi connectivity index (χ1n) is 10.5. The molecule has 4 saturated carbocycles. The minimum atomic E-state index is 0.0523. The molecule has 0 heterocycles. The first kappa shape index (κ1) is 17.7. The lowest BCUT2D eigenvalue weighted by Crippen LogP contribution is -2.48. The summed E-state index contributed by atoms with van der Waals surface area (Å²) in [6.45, 7) is 1.56. The van der Waals surface area contributed by atoms with E-state index in [9.17, 15) is 9.90 Å². The van der Waals surface area contributed by atoms with Crippen LogP contribution < -0.4 is 0 Å². The van der Waals surface area contributed by atoms with Crippen LogP contribution in [0.1, 0.15) is 66.9 Å². The number of phenolic OH excluding ortho intramolecular Hbond substituents is 1. The molecular weight excluding hydrogens is 346 g/mol. The molecule has 2 aromatic rings. The van der Waals surface area contributed by atoms with Crippen LogP contribution >= 0.6 is 0 Å². The monoisotopic (exact) mass is 373 g/mol. The average Bonchev–Trinajstić information content (AvgIpc) is 2.66. The van der Waals surface area contributed by atoms with Crippen LogP contribution in [0.2, 0.25) is 0 Å². The fraction of sp³-hybridized carbons (Fsp3) is 0.440. The summed E-state index contributed by atoms with van der Waals surface area (Å²) >= 11 is 0. The highest BCUT2D eigenvalue weighted by Crippen LogP contribution is 2.60. The zero-order valence-corrected chi connectivity index (χ0v) is 16.4. The van der Waals surface area contributed by atoms with Gasteiger partial charge in [-0.2, -0.15) is 0 Å². The molecule has 2 aromatic carbocycles. The molecule has 3 heteroatoms. The van der Waals surface area contributed by atoms with Crippen molar-refractivity contribution in [3.63, 3.8) is 0 Å². The summed E-state index contributed by atoms with van der Waals surface area (Å²) in [5.74, 6) is 3.03. The van der Waals surface area contributed by atoms with Crippen LogP contribution in [0.5, 0.6) is 5.75 Å². The van der Waals surface area contributed by atoms with E-state index in [0.717, 1.165) is 29.0 Å². The number of phenols is 1. The number of hydrogen-bond donors (Lipinski definition) is 1. The van der Waals surface area contributed by atoms with E-state index in [2.05, 4.69) is 17.1 Å². The van der Waals surface area contributed by atoms with Crippen molar-refractivity contribution in [1.29, 1.82) is 0 Å². The number of Topliss-reactive ketones (excluding diaryl/α,β-unsaturated/α-hetero) is 1. The standard InChI is InChI=1S/C25H27NO2/c1-16(27)20-2-5-23(6-3-20)26-15-21-11-22(4-7-24(21)28)25-12-17-8-18(13-25)10-19(9-17)14-25/h2-7,11,15,17-19,28H,8-10,12-14H2,1H3. The molecule has 4 aliphatic carbocycles. The lowest BCUT2D eigenvalue weighted by atomic mass is 9.48. The lowest BCUT2D eigenvalue weighted by Gasteiger charge is -2.57. The van der Waals surface area contributed by atoms with Crippen LogP contribution in [0.25, 0.3) is 0 Å². The first-order valence-corrected chi connectivity index (χ1v) is 10.5. The van der Waals surface area contributed by atoms with E-state index in [1.54, 1.807) is 25.3 Å². The van der Waals surface area contributed by atoms with Gasteiger partial charge in [0, 0.05) is 17.3 Å². The second kappa shape index (κ2) is 6.58. The highest BCUT2D eigenvalue weighted by atomic mass is 16.3. The van der Waals surface area contributed by atoms with Crippen LogP contribution in [0.3, 0.4) is 0 Å². The van der Waals surface area contributed by atoms with Gasteiger partial charge in [0.05, 0.1) is 5.69 Å². The molecule has 0 amide bonds. The number of ketones is 1. The summed E-state index contributed by atoms with van der Waals surface area (Å²) in [6, 6.07) is 13.4. The van der Waals surface area contributed by atoms with Gasteiger partial charge in [0.1, 0.15) is 5.75 Å². The molecule has 4 aliphatic rings. The summed E-state index contributed by atoms with van der Waals surface area (Å²) in [4.78, 5) is 15.9. The Labute approximate surface area is 166 Å². The smallest absolute Gasteiger partial charge is 0.159 e. The highest BCUT2D eigenvalue weighted by Gasteiger charge is 2.51. The van der Waals surface area contributed by atoms with Gasteiger partial charge < -0.3 is 5.11 Å². The topological polar surface area (TPSA) is 49.7 Å². The third kappa shape index (κ3) is 3.07. The molecule has 28 heavy (non-hydrogen) atoms. The van der Waals surface area contributed by atoms with Crippen molar-refractivity contribution < 1.29 is 9.90 Å². The molecule has 3 nitrogen and oxygen atoms in total. The third-order valence-electron chi connectivity index (χ3n) is 7.30. The largest absolute Gasteiger partial charge is 0.507 e. The quantitative estimate of drug-likeness (QED) is 0.543. The summed E-state index contributed by atoms with van der Waals surface area (Å²) < 4.78 is 0. The van der Waals surface area contributed by atoms with Crippen molar-refractivity contribution >= 4 is 17.7 Å². The van der Waals surface area contributed by atoms with E-state index in [0.29, 0.717) is 11.0 Å². The molecule has 4 bridgehead atoms. The van der Waals surface area contributed by atoms with Gasteiger partial charge >= 0.3 is 0 Å². The Morgan fingerprint density at radius 2 is 1.61 bits per heavy atom. The third-order valence-corrected chi connectivity index (χ3v) is 7.30. The van der Waals surface area contributed by atoms with Gasteiger partial charge in [0.25, 0.3) is 0 Å². The molecule has 144 valence electrons. The van der Waals surface area contributed by atoms with Gasteiger partial charge in [-0.25, -0.2) is 0 Å². The Bertz CT molecular complexity index is 906. The van der Waals surface area contributed by atoms with Gasteiger partial charge in [-0.3, -0.25) is 9.79 Å². The highest BCUT2D eigenvalue weighted by molar-refractivity contribution is 5.94. The Morgan fingerprint density at radius 3 is 2.18 bits per heavy atom. The minimum absolute atomic E-state index is 0.0523. The van der Waals surface area contributed by atoms with Gasteiger partial charge in [-0.1, -0.05) is 6.07 Å². The van der Waals surface area contributed by atoms with Gasteiger partial charge in [0.2, 0.25) is 0 Å². The summed E-state index contributed by atoms with van der Waals surface area (Å²) in [5.41, 5.74) is 3.95. The number of aliphatic imine (C=N–C) groups is 1. The fourth-order valence-corrected chi connectivity index (χ4v) is 6.38. The van der Waals surface area contributed by atoms with Crippen LogP contribution in [-0.4, -0.2) is 17.1 Å². The van der Waals surface area contributed by atoms with E-state index in [4.69, 9.17) is 0 Å². The zero-order chi connectivity index (χ0) is 19.3. The van der Waals surface area contributed by atoms with Crippen molar-refractivity contribution in [2.24, 2.45) is 22.7 Å². The van der Waals surface area contributed by atoms with Crippen molar-refractivity contribution in [3.8, 4) is 5.75 Å². The fourth-order valence-electron chi connectivity index (χ4n) is 6.38. The molecule has 6 rings (SSSR count). The maximum absolute atomic E-state index is 11.4. The number of benzene rings is 2. The molecule has 0 saturated heterocycles.